The molecule has 0 radical (unpaired) electrons. The normalized spacial score (nSPS) is 10.5. The van der Waals surface area contributed by atoms with Gasteiger partial charge in [0.15, 0.2) is 0 Å². The van der Waals surface area contributed by atoms with Crippen LogP contribution < -0.4 is 10.6 Å². The lowest BCUT2D eigenvalue weighted by molar-refractivity contribution is 0.0945. The lowest BCUT2D eigenvalue weighted by Gasteiger charge is -2.10. The second-order valence-corrected chi connectivity index (χ2v) is 6.52. The summed E-state index contributed by atoms with van der Waals surface area (Å²) in [6.45, 7) is 4.10. The van der Waals surface area contributed by atoms with Crippen LogP contribution in [0.3, 0.4) is 0 Å². The van der Waals surface area contributed by atoms with Crippen LogP contribution in [0, 0.1) is 19.7 Å². The van der Waals surface area contributed by atoms with E-state index in [-0.39, 0.29) is 16.6 Å². The third-order valence-corrected chi connectivity index (χ3v) is 4.13. The van der Waals surface area contributed by atoms with E-state index in [1.54, 1.807) is 6.92 Å². The second-order valence-electron chi connectivity index (χ2n) is 6.11. The number of carbonyl (C=O) groups is 1. The van der Waals surface area contributed by atoms with E-state index in [9.17, 15) is 9.18 Å². The zero-order valence-corrected chi connectivity index (χ0v) is 15.6. The number of nitrogens with one attached hydrogen (secondary N) is 2. The zero-order valence-electron chi connectivity index (χ0n) is 14.9. The molecule has 1 aromatic heterocycles. The van der Waals surface area contributed by atoms with Crippen LogP contribution in [0.4, 0.5) is 15.9 Å². The van der Waals surface area contributed by atoms with Gasteiger partial charge in [0.25, 0.3) is 5.91 Å². The Kier molecular flexibility index (Phi) is 5.66. The molecular formula is C20H18ClFN4O. The van der Waals surface area contributed by atoms with Crippen molar-refractivity contribution in [3.8, 4) is 0 Å². The van der Waals surface area contributed by atoms with Crippen LogP contribution in [0.15, 0.2) is 48.5 Å². The predicted molar refractivity (Wildman–Crippen MR) is 104 cm³/mol. The summed E-state index contributed by atoms with van der Waals surface area (Å²) in [6.07, 6.45) is 0. The minimum absolute atomic E-state index is 0.00171. The highest BCUT2D eigenvalue weighted by atomic mass is 35.5. The van der Waals surface area contributed by atoms with E-state index in [2.05, 4.69) is 20.6 Å². The molecule has 0 saturated heterocycles. The molecule has 0 bridgehead atoms. The Balaban J connectivity index is 1.72. The first-order valence-electron chi connectivity index (χ1n) is 8.32. The van der Waals surface area contributed by atoms with E-state index < -0.39 is 5.82 Å². The van der Waals surface area contributed by atoms with Crippen molar-refractivity contribution in [1.82, 2.24) is 15.3 Å². The Hall–Kier alpha value is -2.99. The first kappa shape index (κ1) is 18.8. The number of nitrogens with zero attached hydrogens (tertiary/aromatic N) is 2. The maximum atomic E-state index is 13.3. The lowest BCUT2D eigenvalue weighted by Crippen LogP contribution is -2.24. The van der Waals surface area contributed by atoms with Gasteiger partial charge >= 0.3 is 0 Å². The molecule has 7 heteroatoms. The number of aryl methyl sites for hydroxylation is 2. The molecule has 0 spiro atoms. The standard InChI is InChI=1S/C20H18ClFN4O/c1-12-3-5-14(6-4-12)11-23-20(27)18-10-19(25-13(2)24-18)26-15-7-8-17(22)16(21)9-15/h3-10H,11H2,1-2H3,(H,23,27)(H,24,25,26). The zero-order chi connectivity index (χ0) is 19.4. The van der Waals surface area contributed by atoms with E-state index >= 15 is 0 Å². The molecule has 0 aliphatic heterocycles. The van der Waals surface area contributed by atoms with Crippen molar-refractivity contribution >= 4 is 29.0 Å². The summed E-state index contributed by atoms with van der Waals surface area (Å²) < 4.78 is 13.3. The van der Waals surface area contributed by atoms with Gasteiger partial charge in [-0.2, -0.15) is 0 Å². The smallest absolute Gasteiger partial charge is 0.270 e. The molecule has 0 unspecified atom stereocenters. The summed E-state index contributed by atoms with van der Waals surface area (Å²) in [5.41, 5.74) is 2.96. The molecule has 1 amide bonds. The van der Waals surface area contributed by atoms with Crippen molar-refractivity contribution in [2.45, 2.75) is 20.4 Å². The molecule has 3 rings (SSSR count). The molecule has 0 aliphatic carbocycles. The minimum Gasteiger partial charge on any atom is -0.347 e. The van der Waals surface area contributed by atoms with E-state index in [0.29, 0.717) is 23.9 Å². The van der Waals surface area contributed by atoms with Crippen LogP contribution in [0.2, 0.25) is 5.02 Å². The van der Waals surface area contributed by atoms with Gasteiger partial charge in [0.05, 0.1) is 5.02 Å². The van der Waals surface area contributed by atoms with Crippen molar-refractivity contribution in [3.63, 3.8) is 0 Å². The summed E-state index contributed by atoms with van der Waals surface area (Å²) in [6, 6.07) is 13.7. The fourth-order valence-electron chi connectivity index (χ4n) is 2.45. The Morgan fingerprint density at radius 3 is 2.52 bits per heavy atom. The molecule has 5 nitrogen and oxygen atoms in total. The van der Waals surface area contributed by atoms with Gasteiger partial charge in [-0.05, 0) is 37.6 Å². The van der Waals surface area contributed by atoms with Crippen molar-refractivity contribution in [3.05, 3.63) is 82.0 Å². The number of carbonyl (C=O) groups excluding carboxylic acids is 1. The van der Waals surface area contributed by atoms with Crippen molar-refractivity contribution in [1.29, 1.82) is 0 Å². The van der Waals surface area contributed by atoms with Crippen molar-refractivity contribution in [2.24, 2.45) is 0 Å². The monoisotopic (exact) mass is 384 g/mol. The van der Waals surface area contributed by atoms with Gasteiger partial charge in [-0.1, -0.05) is 41.4 Å². The molecule has 0 aliphatic rings. The Labute approximate surface area is 161 Å². The summed E-state index contributed by atoms with van der Waals surface area (Å²) in [7, 11) is 0. The molecule has 2 N–H and O–H groups in total. The SMILES string of the molecule is Cc1ccc(CNC(=O)c2cc(Nc3ccc(F)c(Cl)c3)nc(C)n2)cc1. The number of hydrogen-bond donors (Lipinski definition) is 2. The van der Waals surface area contributed by atoms with Gasteiger partial charge in [0, 0.05) is 18.3 Å². The fraction of sp³-hybridized carbons (Fsp3) is 0.150. The predicted octanol–water partition coefficient (Wildman–Crippen LogP) is 4.56. The van der Waals surface area contributed by atoms with Gasteiger partial charge < -0.3 is 10.6 Å². The van der Waals surface area contributed by atoms with E-state index in [0.717, 1.165) is 11.1 Å². The first-order valence-corrected chi connectivity index (χ1v) is 8.70. The van der Waals surface area contributed by atoms with Crippen LogP contribution >= 0.6 is 11.6 Å². The highest BCUT2D eigenvalue weighted by Crippen LogP contribution is 2.22. The molecule has 3 aromatic rings. The molecule has 0 fully saturated rings. The van der Waals surface area contributed by atoms with E-state index in [1.807, 2.05) is 31.2 Å². The van der Waals surface area contributed by atoms with E-state index in [1.165, 1.54) is 24.3 Å². The first-order chi connectivity index (χ1) is 12.9. The van der Waals surface area contributed by atoms with Crippen LogP contribution in [0.5, 0.6) is 0 Å². The number of anilines is 2. The largest absolute Gasteiger partial charge is 0.347 e. The number of halogens is 2. The van der Waals surface area contributed by atoms with E-state index in [4.69, 9.17) is 11.6 Å². The quantitative estimate of drug-likeness (QED) is 0.676. The van der Waals surface area contributed by atoms with Gasteiger partial charge in [0.1, 0.15) is 23.2 Å². The summed E-state index contributed by atoms with van der Waals surface area (Å²) >= 11 is 5.79. The number of rotatable bonds is 5. The molecule has 138 valence electrons. The average Bonchev–Trinajstić information content (AvgIpc) is 2.63. The summed E-state index contributed by atoms with van der Waals surface area (Å²) in [4.78, 5) is 20.9. The number of benzene rings is 2. The van der Waals surface area contributed by atoms with Gasteiger partial charge in [-0.25, -0.2) is 14.4 Å². The minimum atomic E-state index is -0.503. The second kappa shape index (κ2) is 8.14. The summed E-state index contributed by atoms with van der Waals surface area (Å²) in [5, 5.41) is 5.85. The molecular weight excluding hydrogens is 367 g/mol. The highest BCUT2D eigenvalue weighted by molar-refractivity contribution is 6.31. The van der Waals surface area contributed by atoms with Gasteiger partial charge in [0.2, 0.25) is 0 Å². The van der Waals surface area contributed by atoms with Crippen LogP contribution in [-0.2, 0) is 6.54 Å². The highest BCUT2D eigenvalue weighted by Gasteiger charge is 2.11. The molecule has 2 aromatic carbocycles. The van der Waals surface area contributed by atoms with Crippen LogP contribution in [0.25, 0.3) is 0 Å². The molecule has 1 heterocycles. The lowest BCUT2D eigenvalue weighted by atomic mass is 10.1. The number of hydrogen-bond acceptors (Lipinski definition) is 4. The van der Waals surface area contributed by atoms with Crippen LogP contribution in [-0.4, -0.2) is 15.9 Å². The topological polar surface area (TPSA) is 66.9 Å². The maximum absolute atomic E-state index is 13.3. The van der Waals surface area contributed by atoms with Gasteiger partial charge in [-0.3, -0.25) is 4.79 Å². The number of aromatic nitrogens is 2. The fourth-order valence-corrected chi connectivity index (χ4v) is 2.63. The Morgan fingerprint density at radius 1 is 1.07 bits per heavy atom. The molecule has 0 atom stereocenters. The van der Waals surface area contributed by atoms with Crippen LogP contribution in [0.1, 0.15) is 27.4 Å². The Bertz CT molecular complexity index is 976. The molecule has 0 saturated carbocycles. The average molecular weight is 385 g/mol. The third-order valence-electron chi connectivity index (χ3n) is 3.84. The third kappa shape index (κ3) is 5.01. The van der Waals surface area contributed by atoms with Crippen molar-refractivity contribution in [2.75, 3.05) is 5.32 Å². The summed E-state index contributed by atoms with van der Waals surface area (Å²) in [5.74, 6) is 0.0536. The van der Waals surface area contributed by atoms with Crippen molar-refractivity contribution < 1.29 is 9.18 Å². The molecule has 27 heavy (non-hydrogen) atoms. The number of amides is 1. The maximum Gasteiger partial charge on any atom is 0.270 e. The van der Waals surface area contributed by atoms with Gasteiger partial charge in [-0.15, -0.1) is 0 Å². The Morgan fingerprint density at radius 2 is 1.81 bits per heavy atom.